The zero-order valence-corrected chi connectivity index (χ0v) is 17.4. The van der Waals surface area contributed by atoms with Crippen LogP contribution in [0.25, 0.3) is 0 Å². The molecule has 0 aliphatic rings. The molecule has 10 nitrogen and oxygen atoms in total. The predicted octanol–water partition coefficient (Wildman–Crippen LogP) is -1.04. The van der Waals surface area contributed by atoms with Crippen molar-refractivity contribution in [2.45, 2.75) is 78.2 Å². The molecule has 0 aliphatic carbocycles. The number of carbonyl (C=O) groups is 4. The summed E-state index contributed by atoms with van der Waals surface area (Å²) in [4.78, 5) is 48.3. The second kappa shape index (κ2) is 11.6. The Labute approximate surface area is 165 Å². The van der Waals surface area contributed by atoms with Crippen molar-refractivity contribution in [3.63, 3.8) is 0 Å². The number of carboxylic acid groups (broad SMARTS) is 1. The molecular formula is C18H34N4O6. The highest BCUT2D eigenvalue weighted by atomic mass is 16.4. The standard InChI is InChI=1S/C18H34N4O6/c1-7-9(4)14(17(26)21-13(8(2)3)18(27)28)22-15(24)10(5)20-16(25)12(19)11(6)23/h8-14,23H,7,19H2,1-6H3,(H,20,25)(H,21,26)(H,22,24)(H,27,28). The van der Waals surface area contributed by atoms with Crippen LogP contribution < -0.4 is 21.7 Å². The van der Waals surface area contributed by atoms with E-state index in [0.29, 0.717) is 6.42 Å². The summed E-state index contributed by atoms with van der Waals surface area (Å²) >= 11 is 0. The number of carboxylic acids is 1. The molecule has 0 rings (SSSR count). The zero-order chi connectivity index (χ0) is 22.2. The first kappa shape index (κ1) is 25.8. The van der Waals surface area contributed by atoms with Gasteiger partial charge in [-0.3, -0.25) is 14.4 Å². The molecule has 0 saturated heterocycles. The fraction of sp³-hybridized carbons (Fsp3) is 0.778. The molecule has 6 atom stereocenters. The monoisotopic (exact) mass is 402 g/mol. The molecule has 0 saturated carbocycles. The van der Waals surface area contributed by atoms with Gasteiger partial charge in [0.2, 0.25) is 17.7 Å². The summed E-state index contributed by atoms with van der Waals surface area (Å²) in [6.07, 6.45) is -0.524. The van der Waals surface area contributed by atoms with Gasteiger partial charge in [0, 0.05) is 0 Å². The first-order valence-electron chi connectivity index (χ1n) is 9.40. The lowest BCUT2D eigenvalue weighted by atomic mass is 9.96. The van der Waals surface area contributed by atoms with Crippen molar-refractivity contribution in [1.29, 1.82) is 0 Å². The molecule has 0 aliphatic heterocycles. The number of aliphatic hydroxyl groups is 1. The largest absolute Gasteiger partial charge is 0.480 e. The van der Waals surface area contributed by atoms with Crippen LogP contribution >= 0.6 is 0 Å². The Kier molecular flexibility index (Phi) is 10.7. The van der Waals surface area contributed by atoms with E-state index in [0.717, 1.165) is 0 Å². The number of nitrogens with one attached hydrogen (secondary N) is 3. The minimum absolute atomic E-state index is 0.270. The summed E-state index contributed by atoms with van der Waals surface area (Å²) in [7, 11) is 0. The van der Waals surface area contributed by atoms with Crippen molar-refractivity contribution in [3.05, 3.63) is 0 Å². The van der Waals surface area contributed by atoms with E-state index in [2.05, 4.69) is 16.0 Å². The predicted molar refractivity (Wildman–Crippen MR) is 103 cm³/mol. The van der Waals surface area contributed by atoms with Crippen molar-refractivity contribution in [1.82, 2.24) is 16.0 Å². The van der Waals surface area contributed by atoms with Gasteiger partial charge >= 0.3 is 5.97 Å². The van der Waals surface area contributed by atoms with Gasteiger partial charge in [0.05, 0.1) is 6.10 Å². The van der Waals surface area contributed by atoms with Crippen LogP contribution in [0.15, 0.2) is 0 Å². The van der Waals surface area contributed by atoms with E-state index in [-0.39, 0.29) is 11.8 Å². The lowest BCUT2D eigenvalue weighted by Crippen LogP contribution is -2.59. The van der Waals surface area contributed by atoms with E-state index >= 15 is 0 Å². The fourth-order valence-corrected chi connectivity index (χ4v) is 2.33. The van der Waals surface area contributed by atoms with Gasteiger partial charge in [-0.05, 0) is 25.7 Å². The molecule has 0 spiro atoms. The average molecular weight is 402 g/mol. The van der Waals surface area contributed by atoms with Crippen LogP contribution in [0.3, 0.4) is 0 Å². The Morgan fingerprint density at radius 1 is 0.857 bits per heavy atom. The van der Waals surface area contributed by atoms with Crippen molar-refractivity contribution in [3.8, 4) is 0 Å². The second-order valence-electron chi connectivity index (χ2n) is 7.44. The Morgan fingerprint density at radius 2 is 1.36 bits per heavy atom. The number of hydrogen-bond acceptors (Lipinski definition) is 6. The zero-order valence-electron chi connectivity index (χ0n) is 17.4. The second-order valence-corrected chi connectivity index (χ2v) is 7.44. The molecule has 0 radical (unpaired) electrons. The number of rotatable bonds is 11. The van der Waals surface area contributed by atoms with Gasteiger partial charge in [-0.2, -0.15) is 0 Å². The summed E-state index contributed by atoms with van der Waals surface area (Å²) in [6.45, 7) is 9.69. The Morgan fingerprint density at radius 3 is 1.75 bits per heavy atom. The highest BCUT2D eigenvalue weighted by Gasteiger charge is 2.32. The molecule has 6 unspecified atom stereocenters. The van der Waals surface area contributed by atoms with Gasteiger partial charge in [-0.1, -0.05) is 34.1 Å². The Hall–Kier alpha value is -2.20. The average Bonchev–Trinajstić information content (AvgIpc) is 2.61. The number of nitrogens with two attached hydrogens (primary N) is 1. The van der Waals surface area contributed by atoms with Gasteiger partial charge in [0.15, 0.2) is 0 Å². The van der Waals surface area contributed by atoms with Gasteiger partial charge < -0.3 is 31.9 Å². The molecule has 28 heavy (non-hydrogen) atoms. The summed E-state index contributed by atoms with van der Waals surface area (Å²) in [5, 5.41) is 26.0. The van der Waals surface area contributed by atoms with E-state index in [1.807, 2.05) is 6.92 Å². The molecule has 0 aromatic carbocycles. The maximum Gasteiger partial charge on any atom is 0.326 e. The summed E-state index contributed by atoms with van der Waals surface area (Å²) in [6, 6.07) is -4.25. The fourth-order valence-electron chi connectivity index (χ4n) is 2.33. The van der Waals surface area contributed by atoms with Crippen LogP contribution in [-0.2, 0) is 19.2 Å². The van der Waals surface area contributed by atoms with Crippen LogP contribution in [0.1, 0.15) is 48.0 Å². The molecule has 0 fully saturated rings. The van der Waals surface area contributed by atoms with Crippen LogP contribution in [0, 0.1) is 11.8 Å². The van der Waals surface area contributed by atoms with E-state index in [9.17, 15) is 29.4 Å². The summed E-state index contributed by atoms with van der Waals surface area (Å²) in [5.41, 5.74) is 5.53. The maximum atomic E-state index is 12.6. The van der Waals surface area contributed by atoms with E-state index < -0.39 is 54.0 Å². The van der Waals surface area contributed by atoms with Crippen molar-refractivity contribution >= 4 is 23.7 Å². The Bertz CT molecular complexity index is 566. The topological polar surface area (TPSA) is 171 Å². The summed E-state index contributed by atoms with van der Waals surface area (Å²) < 4.78 is 0. The third kappa shape index (κ3) is 7.81. The third-order valence-electron chi connectivity index (χ3n) is 4.60. The minimum Gasteiger partial charge on any atom is -0.480 e. The number of amides is 3. The molecule has 0 heterocycles. The number of aliphatic hydroxyl groups excluding tert-OH is 1. The molecule has 7 N–H and O–H groups in total. The molecule has 10 heteroatoms. The van der Waals surface area contributed by atoms with Crippen LogP contribution in [0.4, 0.5) is 0 Å². The number of hydrogen-bond donors (Lipinski definition) is 6. The first-order valence-corrected chi connectivity index (χ1v) is 9.40. The quantitative estimate of drug-likeness (QED) is 0.256. The summed E-state index contributed by atoms with van der Waals surface area (Å²) in [5.74, 6) is -3.70. The van der Waals surface area contributed by atoms with Crippen molar-refractivity contribution < 1.29 is 29.4 Å². The van der Waals surface area contributed by atoms with Gasteiger partial charge in [0.1, 0.15) is 24.2 Å². The minimum atomic E-state index is -1.19. The number of carbonyl (C=O) groups excluding carboxylic acids is 3. The Balaban J connectivity index is 5.18. The molecule has 3 amide bonds. The normalized spacial score (nSPS) is 17.6. The maximum absolute atomic E-state index is 12.6. The molecule has 0 bridgehead atoms. The molecule has 0 aromatic rings. The van der Waals surface area contributed by atoms with Crippen molar-refractivity contribution in [2.75, 3.05) is 0 Å². The lowest BCUT2D eigenvalue weighted by Gasteiger charge is -2.28. The highest BCUT2D eigenvalue weighted by Crippen LogP contribution is 2.10. The number of aliphatic carboxylic acids is 1. The highest BCUT2D eigenvalue weighted by molar-refractivity contribution is 5.94. The molecule has 162 valence electrons. The van der Waals surface area contributed by atoms with Gasteiger partial charge in [0.25, 0.3) is 0 Å². The van der Waals surface area contributed by atoms with Gasteiger partial charge in [-0.25, -0.2) is 4.79 Å². The van der Waals surface area contributed by atoms with Crippen LogP contribution in [0.2, 0.25) is 0 Å². The van der Waals surface area contributed by atoms with E-state index in [1.165, 1.54) is 13.8 Å². The SMILES string of the molecule is CCC(C)C(NC(=O)C(C)NC(=O)C(N)C(C)O)C(=O)NC(C(=O)O)C(C)C. The molecule has 0 aromatic heterocycles. The van der Waals surface area contributed by atoms with E-state index in [4.69, 9.17) is 5.73 Å². The van der Waals surface area contributed by atoms with E-state index in [1.54, 1.807) is 20.8 Å². The lowest BCUT2D eigenvalue weighted by molar-refractivity contribution is -0.144. The van der Waals surface area contributed by atoms with Gasteiger partial charge in [-0.15, -0.1) is 0 Å². The third-order valence-corrected chi connectivity index (χ3v) is 4.60. The van der Waals surface area contributed by atoms with Crippen LogP contribution in [0.5, 0.6) is 0 Å². The molecular weight excluding hydrogens is 368 g/mol. The van der Waals surface area contributed by atoms with Crippen LogP contribution in [-0.4, -0.2) is 64.2 Å². The first-order chi connectivity index (χ1) is 12.8. The van der Waals surface area contributed by atoms with Crippen molar-refractivity contribution in [2.24, 2.45) is 17.6 Å². The smallest absolute Gasteiger partial charge is 0.326 e.